The number of hydrogen-bond acceptors (Lipinski definition) is 1. The molecule has 92 valence electrons. The van der Waals surface area contributed by atoms with Gasteiger partial charge >= 0.3 is 0 Å². The van der Waals surface area contributed by atoms with Crippen molar-refractivity contribution in [3.63, 3.8) is 0 Å². The van der Waals surface area contributed by atoms with E-state index in [1.54, 1.807) is 0 Å². The standard InChI is InChI=1S/C16H22O/c17-16(15-8-11-2-4-13(15)6-11)9-14-7-10-1-3-12(14)5-10/h1-4,10-17H,5-9H2. The van der Waals surface area contributed by atoms with Gasteiger partial charge in [-0.2, -0.15) is 0 Å². The summed E-state index contributed by atoms with van der Waals surface area (Å²) >= 11 is 0. The zero-order valence-corrected chi connectivity index (χ0v) is 10.3. The number of aliphatic hydroxyl groups is 1. The Morgan fingerprint density at radius 2 is 1.59 bits per heavy atom. The highest BCUT2D eigenvalue weighted by atomic mass is 16.3. The van der Waals surface area contributed by atoms with Crippen molar-refractivity contribution in [2.24, 2.45) is 35.5 Å². The van der Waals surface area contributed by atoms with Crippen LogP contribution in [0, 0.1) is 35.5 Å². The van der Waals surface area contributed by atoms with Crippen LogP contribution in [0.4, 0.5) is 0 Å². The number of hydrogen-bond donors (Lipinski definition) is 1. The number of fused-ring (bicyclic) bond motifs is 4. The van der Waals surface area contributed by atoms with Crippen molar-refractivity contribution in [3.05, 3.63) is 24.3 Å². The van der Waals surface area contributed by atoms with Crippen LogP contribution in [-0.4, -0.2) is 11.2 Å². The topological polar surface area (TPSA) is 20.2 Å². The van der Waals surface area contributed by atoms with Crippen LogP contribution in [-0.2, 0) is 0 Å². The molecule has 7 unspecified atom stereocenters. The third kappa shape index (κ3) is 1.62. The third-order valence-electron chi connectivity index (χ3n) is 5.79. The van der Waals surface area contributed by atoms with Crippen molar-refractivity contribution in [3.8, 4) is 0 Å². The SMILES string of the molecule is OC(CC1CC2C=CC1C2)C1CC2C=CC1C2. The number of allylic oxidation sites excluding steroid dienone is 4. The molecule has 0 aromatic carbocycles. The molecular weight excluding hydrogens is 208 g/mol. The van der Waals surface area contributed by atoms with Crippen molar-refractivity contribution in [2.45, 2.75) is 38.2 Å². The minimum Gasteiger partial charge on any atom is -0.393 e. The molecule has 1 N–H and O–H groups in total. The predicted molar refractivity (Wildman–Crippen MR) is 68.3 cm³/mol. The fourth-order valence-electron chi connectivity index (χ4n) is 4.92. The smallest absolute Gasteiger partial charge is 0.0577 e. The highest BCUT2D eigenvalue weighted by Gasteiger charge is 2.42. The lowest BCUT2D eigenvalue weighted by atomic mass is 9.80. The van der Waals surface area contributed by atoms with Crippen molar-refractivity contribution in [2.75, 3.05) is 0 Å². The Balaban J connectivity index is 1.40. The number of aliphatic hydroxyl groups excluding tert-OH is 1. The van der Waals surface area contributed by atoms with Crippen LogP contribution in [0.5, 0.6) is 0 Å². The van der Waals surface area contributed by atoms with Gasteiger partial charge in [0.15, 0.2) is 0 Å². The van der Waals surface area contributed by atoms with Gasteiger partial charge in [0.25, 0.3) is 0 Å². The molecule has 4 bridgehead atoms. The van der Waals surface area contributed by atoms with Crippen LogP contribution in [0.25, 0.3) is 0 Å². The van der Waals surface area contributed by atoms with E-state index in [0.717, 1.165) is 30.1 Å². The highest BCUT2D eigenvalue weighted by molar-refractivity contribution is 5.13. The van der Waals surface area contributed by atoms with Gasteiger partial charge in [-0.05, 0) is 67.6 Å². The van der Waals surface area contributed by atoms with E-state index >= 15 is 0 Å². The molecule has 1 nitrogen and oxygen atoms in total. The first-order valence-electron chi connectivity index (χ1n) is 7.34. The summed E-state index contributed by atoms with van der Waals surface area (Å²) in [5.74, 6) is 4.49. The summed E-state index contributed by atoms with van der Waals surface area (Å²) in [6.45, 7) is 0. The first kappa shape index (κ1) is 10.4. The van der Waals surface area contributed by atoms with E-state index < -0.39 is 0 Å². The van der Waals surface area contributed by atoms with Crippen LogP contribution in [0.2, 0.25) is 0 Å². The molecule has 0 aliphatic heterocycles. The van der Waals surface area contributed by atoms with E-state index in [0.29, 0.717) is 11.8 Å². The lowest BCUT2D eigenvalue weighted by Crippen LogP contribution is -2.27. The van der Waals surface area contributed by atoms with Gasteiger partial charge in [-0.3, -0.25) is 0 Å². The van der Waals surface area contributed by atoms with E-state index in [1.807, 2.05) is 0 Å². The fourth-order valence-corrected chi connectivity index (χ4v) is 4.92. The molecule has 2 fully saturated rings. The molecule has 0 aromatic heterocycles. The molecule has 0 saturated heterocycles. The monoisotopic (exact) mass is 230 g/mol. The fraction of sp³-hybridized carbons (Fsp3) is 0.750. The van der Waals surface area contributed by atoms with Crippen LogP contribution >= 0.6 is 0 Å². The largest absolute Gasteiger partial charge is 0.393 e. The summed E-state index contributed by atoms with van der Waals surface area (Å²) in [7, 11) is 0. The first-order chi connectivity index (χ1) is 8.29. The molecule has 2 saturated carbocycles. The van der Waals surface area contributed by atoms with Gasteiger partial charge in [-0.15, -0.1) is 0 Å². The van der Waals surface area contributed by atoms with Gasteiger partial charge in [0.05, 0.1) is 6.10 Å². The summed E-state index contributed by atoms with van der Waals surface area (Å²) in [5.41, 5.74) is 0. The quantitative estimate of drug-likeness (QED) is 0.738. The molecule has 7 atom stereocenters. The minimum absolute atomic E-state index is 0.0345. The van der Waals surface area contributed by atoms with E-state index in [1.165, 1.54) is 25.7 Å². The maximum Gasteiger partial charge on any atom is 0.0577 e. The normalized spacial score (nSPS) is 51.6. The molecule has 0 aromatic rings. The average molecular weight is 230 g/mol. The van der Waals surface area contributed by atoms with Gasteiger partial charge in [-0.25, -0.2) is 0 Å². The van der Waals surface area contributed by atoms with Crippen LogP contribution in [0.3, 0.4) is 0 Å². The van der Waals surface area contributed by atoms with E-state index in [-0.39, 0.29) is 6.10 Å². The molecule has 4 rings (SSSR count). The molecule has 0 spiro atoms. The minimum atomic E-state index is -0.0345. The second kappa shape index (κ2) is 3.71. The zero-order chi connectivity index (χ0) is 11.4. The molecule has 1 heteroatoms. The Labute approximate surface area is 104 Å². The molecule has 0 radical (unpaired) electrons. The van der Waals surface area contributed by atoms with Crippen LogP contribution in [0.15, 0.2) is 24.3 Å². The molecule has 0 amide bonds. The Morgan fingerprint density at radius 1 is 0.882 bits per heavy atom. The summed E-state index contributed by atoms with van der Waals surface area (Å²) in [6, 6.07) is 0. The van der Waals surface area contributed by atoms with Gasteiger partial charge in [-0.1, -0.05) is 24.3 Å². The Bertz CT molecular complexity index is 370. The van der Waals surface area contributed by atoms with Gasteiger partial charge < -0.3 is 5.11 Å². The van der Waals surface area contributed by atoms with Crippen LogP contribution < -0.4 is 0 Å². The lowest BCUT2D eigenvalue weighted by Gasteiger charge is -2.28. The Kier molecular flexibility index (Phi) is 2.27. The van der Waals surface area contributed by atoms with Crippen molar-refractivity contribution >= 4 is 0 Å². The van der Waals surface area contributed by atoms with E-state index in [2.05, 4.69) is 24.3 Å². The Morgan fingerprint density at radius 3 is 2.12 bits per heavy atom. The molecular formula is C16H22O. The lowest BCUT2D eigenvalue weighted by molar-refractivity contribution is 0.0649. The van der Waals surface area contributed by atoms with Crippen molar-refractivity contribution in [1.29, 1.82) is 0 Å². The predicted octanol–water partition coefficient (Wildman–Crippen LogP) is 3.16. The maximum absolute atomic E-state index is 10.5. The zero-order valence-electron chi connectivity index (χ0n) is 10.3. The van der Waals surface area contributed by atoms with Crippen LogP contribution in [0.1, 0.15) is 32.1 Å². The summed E-state index contributed by atoms with van der Waals surface area (Å²) in [4.78, 5) is 0. The number of rotatable bonds is 3. The second-order valence-corrected chi connectivity index (χ2v) is 6.79. The van der Waals surface area contributed by atoms with Crippen molar-refractivity contribution in [1.82, 2.24) is 0 Å². The molecule has 4 aliphatic rings. The summed E-state index contributed by atoms with van der Waals surface area (Å²) in [5, 5.41) is 10.5. The maximum atomic E-state index is 10.5. The summed E-state index contributed by atoms with van der Waals surface area (Å²) in [6.07, 6.45) is 15.8. The second-order valence-electron chi connectivity index (χ2n) is 6.79. The third-order valence-corrected chi connectivity index (χ3v) is 5.79. The summed E-state index contributed by atoms with van der Waals surface area (Å²) < 4.78 is 0. The van der Waals surface area contributed by atoms with Gasteiger partial charge in [0.2, 0.25) is 0 Å². The van der Waals surface area contributed by atoms with Gasteiger partial charge in [0.1, 0.15) is 0 Å². The highest BCUT2D eigenvalue weighted by Crippen LogP contribution is 2.49. The Hall–Kier alpha value is -0.560. The van der Waals surface area contributed by atoms with E-state index in [4.69, 9.17) is 0 Å². The molecule has 0 heterocycles. The average Bonchev–Trinajstić information content (AvgIpc) is 3.08. The first-order valence-corrected chi connectivity index (χ1v) is 7.34. The molecule has 17 heavy (non-hydrogen) atoms. The van der Waals surface area contributed by atoms with E-state index in [9.17, 15) is 5.11 Å². The van der Waals surface area contributed by atoms with Crippen molar-refractivity contribution < 1.29 is 5.11 Å². The van der Waals surface area contributed by atoms with Gasteiger partial charge in [0, 0.05) is 0 Å². The molecule has 4 aliphatic carbocycles.